The van der Waals surface area contributed by atoms with Crippen LogP contribution in [0.1, 0.15) is 44.9 Å². The molecule has 0 unspecified atom stereocenters. The summed E-state index contributed by atoms with van der Waals surface area (Å²) in [6.45, 7) is 4.05. The summed E-state index contributed by atoms with van der Waals surface area (Å²) < 4.78 is 0. The molecule has 94 valence electrons. The summed E-state index contributed by atoms with van der Waals surface area (Å²) in [6.07, 6.45) is 8.16. The van der Waals surface area contributed by atoms with Gasteiger partial charge in [0.25, 0.3) is 0 Å². The van der Waals surface area contributed by atoms with Gasteiger partial charge in [-0.3, -0.25) is 0 Å². The average Bonchev–Trinajstić information content (AvgIpc) is 2.68. The second kappa shape index (κ2) is 5.48. The van der Waals surface area contributed by atoms with E-state index in [9.17, 15) is 5.11 Å². The Kier molecular flexibility index (Phi) is 4.22. The number of nitrogens with two attached hydrogens (primary N) is 1. The van der Waals surface area contributed by atoms with E-state index in [0.29, 0.717) is 0 Å². The molecule has 0 aromatic heterocycles. The number of hydrogen-bond donors (Lipinski definition) is 2. The number of piperidine rings is 1. The predicted octanol–water partition coefficient (Wildman–Crippen LogP) is 1.35. The first-order valence-corrected chi connectivity index (χ1v) is 6.87. The van der Waals surface area contributed by atoms with Crippen molar-refractivity contribution in [1.29, 1.82) is 0 Å². The Bertz CT molecular complexity index is 206. The summed E-state index contributed by atoms with van der Waals surface area (Å²) in [5, 5.41) is 10.4. The second-order valence-electron chi connectivity index (χ2n) is 5.73. The number of rotatable bonds is 4. The van der Waals surface area contributed by atoms with Crippen LogP contribution in [0.15, 0.2) is 0 Å². The Morgan fingerprint density at radius 2 is 1.81 bits per heavy atom. The average molecular weight is 226 g/mol. The molecule has 0 atom stereocenters. The highest BCUT2D eigenvalue weighted by molar-refractivity contribution is 4.88. The molecule has 2 fully saturated rings. The van der Waals surface area contributed by atoms with Gasteiger partial charge in [-0.05, 0) is 57.7 Å². The van der Waals surface area contributed by atoms with Gasteiger partial charge in [0.1, 0.15) is 0 Å². The third kappa shape index (κ3) is 3.19. The minimum absolute atomic E-state index is 0.360. The van der Waals surface area contributed by atoms with Crippen molar-refractivity contribution in [3.63, 3.8) is 0 Å². The number of aliphatic hydroxyl groups is 1. The number of likely N-dealkylation sites (tertiary alicyclic amines) is 1. The molecule has 1 heterocycles. The van der Waals surface area contributed by atoms with Crippen molar-refractivity contribution in [3.05, 3.63) is 0 Å². The number of hydrogen-bond acceptors (Lipinski definition) is 3. The Hall–Kier alpha value is -0.120. The van der Waals surface area contributed by atoms with Crippen molar-refractivity contribution in [2.75, 3.05) is 26.2 Å². The molecule has 3 heteroatoms. The van der Waals surface area contributed by atoms with Gasteiger partial charge < -0.3 is 15.7 Å². The monoisotopic (exact) mass is 226 g/mol. The minimum atomic E-state index is -0.360. The van der Waals surface area contributed by atoms with Crippen molar-refractivity contribution in [1.82, 2.24) is 4.90 Å². The van der Waals surface area contributed by atoms with E-state index in [4.69, 9.17) is 5.73 Å². The van der Waals surface area contributed by atoms with E-state index in [-0.39, 0.29) is 5.60 Å². The van der Waals surface area contributed by atoms with Gasteiger partial charge in [-0.1, -0.05) is 12.8 Å². The SMILES string of the molecule is NCCC1CCN(CC2(O)CCCC2)CC1. The fraction of sp³-hybridized carbons (Fsp3) is 1.00. The van der Waals surface area contributed by atoms with E-state index >= 15 is 0 Å². The third-order valence-electron chi connectivity index (χ3n) is 4.33. The first-order valence-electron chi connectivity index (χ1n) is 6.87. The molecule has 0 aromatic carbocycles. The molecule has 16 heavy (non-hydrogen) atoms. The number of β-amino-alcohol motifs (C(OH)–C–C–N with tert-alkyl or cyclic N) is 1. The van der Waals surface area contributed by atoms with Gasteiger partial charge in [0.15, 0.2) is 0 Å². The molecule has 0 aromatic rings. The van der Waals surface area contributed by atoms with Gasteiger partial charge >= 0.3 is 0 Å². The van der Waals surface area contributed by atoms with Crippen LogP contribution in [-0.2, 0) is 0 Å². The normalized spacial score (nSPS) is 27.4. The molecule has 1 aliphatic carbocycles. The zero-order chi connectivity index (χ0) is 11.4. The van der Waals surface area contributed by atoms with Crippen LogP contribution in [0.3, 0.4) is 0 Å². The van der Waals surface area contributed by atoms with Gasteiger partial charge in [0.2, 0.25) is 0 Å². The Morgan fingerprint density at radius 1 is 1.19 bits per heavy atom. The molecule has 1 saturated heterocycles. The van der Waals surface area contributed by atoms with Crippen LogP contribution in [0.4, 0.5) is 0 Å². The lowest BCUT2D eigenvalue weighted by Crippen LogP contribution is -2.44. The highest BCUT2D eigenvalue weighted by Gasteiger charge is 2.33. The molecular weight excluding hydrogens is 200 g/mol. The Morgan fingerprint density at radius 3 is 2.38 bits per heavy atom. The van der Waals surface area contributed by atoms with Gasteiger partial charge in [-0.15, -0.1) is 0 Å². The van der Waals surface area contributed by atoms with Crippen molar-refractivity contribution in [2.45, 2.75) is 50.5 Å². The molecule has 0 radical (unpaired) electrons. The first-order chi connectivity index (χ1) is 7.72. The van der Waals surface area contributed by atoms with Crippen molar-refractivity contribution in [2.24, 2.45) is 11.7 Å². The molecule has 0 bridgehead atoms. The van der Waals surface area contributed by atoms with Crippen LogP contribution in [0.5, 0.6) is 0 Å². The summed E-state index contributed by atoms with van der Waals surface area (Å²) >= 11 is 0. The fourth-order valence-corrected chi connectivity index (χ4v) is 3.28. The fourth-order valence-electron chi connectivity index (χ4n) is 3.28. The maximum Gasteiger partial charge on any atom is 0.0774 e. The summed E-state index contributed by atoms with van der Waals surface area (Å²) in [4.78, 5) is 2.46. The molecule has 2 aliphatic rings. The predicted molar refractivity (Wildman–Crippen MR) is 66.3 cm³/mol. The molecule has 0 spiro atoms. The molecule has 1 saturated carbocycles. The van der Waals surface area contributed by atoms with Crippen LogP contribution >= 0.6 is 0 Å². The van der Waals surface area contributed by atoms with Crippen LogP contribution in [0.2, 0.25) is 0 Å². The van der Waals surface area contributed by atoms with E-state index < -0.39 is 0 Å². The highest BCUT2D eigenvalue weighted by atomic mass is 16.3. The summed E-state index contributed by atoms with van der Waals surface area (Å²) in [7, 11) is 0. The number of nitrogens with zero attached hydrogens (tertiary/aromatic N) is 1. The van der Waals surface area contributed by atoms with E-state index in [1.807, 2.05) is 0 Å². The van der Waals surface area contributed by atoms with Crippen LogP contribution < -0.4 is 5.73 Å². The standard InChI is InChI=1S/C13H26N2O/c14-8-3-12-4-9-15(10-5-12)11-13(16)6-1-2-7-13/h12,16H,1-11,14H2. The lowest BCUT2D eigenvalue weighted by atomic mass is 9.92. The van der Waals surface area contributed by atoms with Crippen molar-refractivity contribution >= 4 is 0 Å². The molecule has 1 aliphatic heterocycles. The van der Waals surface area contributed by atoms with Crippen LogP contribution in [0.25, 0.3) is 0 Å². The van der Waals surface area contributed by atoms with Crippen LogP contribution in [0, 0.1) is 5.92 Å². The third-order valence-corrected chi connectivity index (χ3v) is 4.33. The zero-order valence-electron chi connectivity index (χ0n) is 10.3. The lowest BCUT2D eigenvalue weighted by molar-refractivity contribution is -0.0000779. The first kappa shape index (κ1) is 12.3. The molecular formula is C13H26N2O. The summed E-state index contributed by atoms with van der Waals surface area (Å²) in [5.74, 6) is 0.833. The lowest BCUT2D eigenvalue weighted by Gasteiger charge is -2.36. The maximum atomic E-state index is 10.4. The van der Waals surface area contributed by atoms with Crippen LogP contribution in [-0.4, -0.2) is 41.8 Å². The van der Waals surface area contributed by atoms with E-state index in [1.165, 1.54) is 32.1 Å². The second-order valence-corrected chi connectivity index (χ2v) is 5.73. The minimum Gasteiger partial charge on any atom is -0.389 e. The van der Waals surface area contributed by atoms with Crippen molar-refractivity contribution in [3.8, 4) is 0 Å². The van der Waals surface area contributed by atoms with E-state index in [0.717, 1.165) is 44.9 Å². The summed E-state index contributed by atoms with van der Waals surface area (Å²) in [5.41, 5.74) is 5.23. The highest BCUT2D eigenvalue weighted by Crippen LogP contribution is 2.31. The van der Waals surface area contributed by atoms with Gasteiger partial charge in [-0.2, -0.15) is 0 Å². The molecule has 0 amide bonds. The van der Waals surface area contributed by atoms with Gasteiger partial charge in [0.05, 0.1) is 5.60 Å². The maximum absolute atomic E-state index is 10.4. The topological polar surface area (TPSA) is 49.5 Å². The molecule has 2 rings (SSSR count). The largest absolute Gasteiger partial charge is 0.389 e. The Balaban J connectivity index is 1.72. The van der Waals surface area contributed by atoms with Gasteiger partial charge in [-0.25, -0.2) is 0 Å². The quantitative estimate of drug-likeness (QED) is 0.761. The van der Waals surface area contributed by atoms with Crippen molar-refractivity contribution < 1.29 is 5.11 Å². The van der Waals surface area contributed by atoms with E-state index in [1.54, 1.807) is 0 Å². The zero-order valence-corrected chi connectivity index (χ0v) is 10.3. The molecule has 3 N–H and O–H groups in total. The summed E-state index contributed by atoms with van der Waals surface area (Å²) in [6, 6.07) is 0. The van der Waals surface area contributed by atoms with Gasteiger partial charge in [0, 0.05) is 6.54 Å². The smallest absolute Gasteiger partial charge is 0.0774 e. The Labute approximate surface area is 99.0 Å². The molecule has 3 nitrogen and oxygen atoms in total. The van der Waals surface area contributed by atoms with E-state index in [2.05, 4.69) is 4.90 Å².